The van der Waals surface area contributed by atoms with Gasteiger partial charge in [-0.3, -0.25) is 0 Å². The van der Waals surface area contributed by atoms with Gasteiger partial charge in [0.1, 0.15) is 4.90 Å². The third-order valence-corrected chi connectivity index (χ3v) is 5.06. The monoisotopic (exact) mass is 311 g/mol. The van der Waals surface area contributed by atoms with Gasteiger partial charge in [-0.15, -0.1) is 0 Å². The predicted molar refractivity (Wildman–Crippen MR) is 73.1 cm³/mol. The Morgan fingerprint density at radius 1 is 1.22 bits per heavy atom. The molecular formula is C11H15Cl2NO3S. The number of rotatable bonds is 5. The maximum atomic E-state index is 12.4. The highest BCUT2D eigenvalue weighted by Crippen LogP contribution is 2.36. The molecule has 0 spiro atoms. The van der Waals surface area contributed by atoms with E-state index in [1.165, 1.54) is 23.5 Å². The van der Waals surface area contributed by atoms with Crippen molar-refractivity contribution in [1.82, 2.24) is 4.31 Å². The van der Waals surface area contributed by atoms with E-state index in [4.69, 9.17) is 27.9 Å². The Kier molecular flexibility index (Phi) is 5.28. The van der Waals surface area contributed by atoms with Gasteiger partial charge in [0.05, 0.1) is 12.1 Å². The van der Waals surface area contributed by atoms with Gasteiger partial charge in [-0.1, -0.05) is 37.0 Å². The van der Waals surface area contributed by atoms with Crippen LogP contribution in [-0.4, -0.2) is 32.9 Å². The molecule has 1 aromatic rings. The Balaban J connectivity index is 3.49. The smallest absolute Gasteiger partial charge is 0.246 e. The van der Waals surface area contributed by atoms with Crippen LogP contribution in [0.4, 0.5) is 0 Å². The summed E-state index contributed by atoms with van der Waals surface area (Å²) in [6.45, 7) is 4.26. The highest BCUT2D eigenvalue weighted by atomic mass is 35.5. The van der Waals surface area contributed by atoms with Gasteiger partial charge in [-0.25, -0.2) is 8.42 Å². The number of ether oxygens (including phenoxy) is 1. The quantitative estimate of drug-likeness (QED) is 0.839. The van der Waals surface area contributed by atoms with E-state index in [9.17, 15) is 8.42 Å². The molecule has 102 valence electrons. The van der Waals surface area contributed by atoms with Crippen molar-refractivity contribution >= 4 is 33.2 Å². The van der Waals surface area contributed by atoms with Crippen LogP contribution in [0.25, 0.3) is 0 Å². The van der Waals surface area contributed by atoms with E-state index in [2.05, 4.69) is 0 Å². The van der Waals surface area contributed by atoms with Crippen molar-refractivity contribution in [3.63, 3.8) is 0 Å². The molecule has 0 aliphatic heterocycles. The van der Waals surface area contributed by atoms with Gasteiger partial charge in [0, 0.05) is 18.1 Å². The summed E-state index contributed by atoms with van der Waals surface area (Å²) in [5.74, 6) is 0.118. The van der Waals surface area contributed by atoms with Gasteiger partial charge in [0.15, 0.2) is 5.75 Å². The lowest BCUT2D eigenvalue weighted by atomic mass is 10.3. The van der Waals surface area contributed by atoms with Gasteiger partial charge >= 0.3 is 0 Å². The van der Waals surface area contributed by atoms with Crippen LogP contribution < -0.4 is 4.74 Å². The number of methoxy groups -OCH3 is 1. The zero-order valence-electron chi connectivity index (χ0n) is 10.4. The van der Waals surface area contributed by atoms with E-state index in [0.717, 1.165) is 0 Å². The Labute approximate surface area is 117 Å². The molecule has 0 aromatic heterocycles. The van der Waals surface area contributed by atoms with Crippen LogP contribution in [0.15, 0.2) is 17.0 Å². The summed E-state index contributed by atoms with van der Waals surface area (Å²) in [5.41, 5.74) is 0. The van der Waals surface area contributed by atoms with E-state index in [0.29, 0.717) is 13.1 Å². The molecule has 1 rings (SSSR count). The summed E-state index contributed by atoms with van der Waals surface area (Å²) in [7, 11) is -2.28. The van der Waals surface area contributed by atoms with E-state index < -0.39 is 10.0 Å². The molecule has 0 radical (unpaired) electrons. The molecule has 0 amide bonds. The standard InChI is InChI=1S/C11H15Cl2NO3S/c1-4-14(5-2)18(15,16)10-7-8(12)6-9(13)11(10)17-3/h6-7H,4-5H2,1-3H3. The number of nitrogens with zero attached hydrogens (tertiary/aromatic N) is 1. The average molecular weight is 312 g/mol. The number of hydrogen-bond donors (Lipinski definition) is 0. The lowest BCUT2D eigenvalue weighted by Gasteiger charge is -2.20. The Hall–Kier alpha value is -0.490. The fraction of sp³-hybridized carbons (Fsp3) is 0.455. The minimum atomic E-state index is -3.65. The first-order valence-corrected chi connectivity index (χ1v) is 7.61. The largest absolute Gasteiger partial charge is 0.494 e. The van der Waals surface area contributed by atoms with Gasteiger partial charge in [0.2, 0.25) is 10.0 Å². The topological polar surface area (TPSA) is 46.6 Å². The maximum absolute atomic E-state index is 12.4. The Morgan fingerprint density at radius 2 is 1.78 bits per heavy atom. The first-order chi connectivity index (χ1) is 8.38. The fourth-order valence-corrected chi connectivity index (χ4v) is 3.98. The summed E-state index contributed by atoms with van der Waals surface area (Å²) in [5, 5.41) is 0.433. The average Bonchev–Trinajstić information content (AvgIpc) is 2.29. The van der Waals surface area contributed by atoms with Gasteiger partial charge in [0.25, 0.3) is 0 Å². The van der Waals surface area contributed by atoms with Crippen LogP contribution in [0.5, 0.6) is 5.75 Å². The molecule has 0 fully saturated rings. The van der Waals surface area contributed by atoms with Gasteiger partial charge in [-0.05, 0) is 12.1 Å². The molecular weight excluding hydrogens is 297 g/mol. The molecule has 0 aliphatic carbocycles. The predicted octanol–water partition coefficient (Wildman–Crippen LogP) is 3.03. The van der Waals surface area contributed by atoms with Crippen molar-refractivity contribution in [2.75, 3.05) is 20.2 Å². The molecule has 7 heteroatoms. The third-order valence-electron chi connectivity index (χ3n) is 2.50. The Morgan fingerprint density at radius 3 is 2.22 bits per heavy atom. The van der Waals surface area contributed by atoms with Crippen LogP contribution in [0, 0.1) is 0 Å². The normalized spacial score (nSPS) is 11.9. The van der Waals surface area contributed by atoms with Crippen molar-refractivity contribution < 1.29 is 13.2 Å². The van der Waals surface area contributed by atoms with E-state index in [1.54, 1.807) is 13.8 Å². The molecule has 0 saturated heterocycles. The van der Waals surface area contributed by atoms with Crippen LogP contribution in [-0.2, 0) is 10.0 Å². The molecule has 18 heavy (non-hydrogen) atoms. The summed E-state index contributed by atoms with van der Waals surface area (Å²) < 4.78 is 31.2. The van der Waals surface area contributed by atoms with Crippen LogP contribution >= 0.6 is 23.2 Å². The minimum absolute atomic E-state index is 0.00815. The summed E-state index contributed by atoms with van der Waals surface area (Å²) >= 11 is 11.8. The minimum Gasteiger partial charge on any atom is -0.494 e. The van der Waals surface area contributed by atoms with Crippen molar-refractivity contribution in [2.24, 2.45) is 0 Å². The second-order valence-electron chi connectivity index (χ2n) is 3.51. The van der Waals surface area contributed by atoms with E-state index in [-0.39, 0.29) is 20.7 Å². The van der Waals surface area contributed by atoms with Crippen LogP contribution in [0.3, 0.4) is 0 Å². The molecule has 0 unspecified atom stereocenters. The molecule has 0 N–H and O–H groups in total. The molecule has 0 saturated carbocycles. The maximum Gasteiger partial charge on any atom is 0.246 e. The van der Waals surface area contributed by atoms with Crippen molar-refractivity contribution in [1.29, 1.82) is 0 Å². The second-order valence-corrected chi connectivity index (χ2v) is 6.26. The molecule has 0 aliphatic rings. The van der Waals surface area contributed by atoms with Crippen molar-refractivity contribution in [2.45, 2.75) is 18.7 Å². The highest BCUT2D eigenvalue weighted by molar-refractivity contribution is 7.89. The second kappa shape index (κ2) is 6.10. The summed E-state index contributed by atoms with van der Waals surface area (Å²) in [6.07, 6.45) is 0. The number of hydrogen-bond acceptors (Lipinski definition) is 3. The molecule has 1 aromatic carbocycles. The fourth-order valence-electron chi connectivity index (χ4n) is 1.63. The summed E-state index contributed by atoms with van der Waals surface area (Å²) in [4.78, 5) is -0.00815. The first kappa shape index (κ1) is 15.6. The zero-order chi connectivity index (χ0) is 13.9. The number of halogens is 2. The Bertz CT molecular complexity index is 527. The van der Waals surface area contributed by atoms with Crippen molar-refractivity contribution in [3.05, 3.63) is 22.2 Å². The van der Waals surface area contributed by atoms with Gasteiger partial charge < -0.3 is 4.74 Å². The zero-order valence-corrected chi connectivity index (χ0v) is 12.7. The number of sulfonamides is 1. The highest BCUT2D eigenvalue weighted by Gasteiger charge is 2.27. The molecule has 0 heterocycles. The number of benzene rings is 1. The summed E-state index contributed by atoms with van der Waals surface area (Å²) in [6, 6.07) is 2.79. The SMILES string of the molecule is CCN(CC)S(=O)(=O)c1cc(Cl)cc(Cl)c1OC. The van der Waals surface area contributed by atoms with E-state index in [1.807, 2.05) is 0 Å². The molecule has 0 atom stereocenters. The van der Waals surface area contributed by atoms with Crippen molar-refractivity contribution in [3.8, 4) is 5.75 Å². The van der Waals surface area contributed by atoms with Gasteiger partial charge in [-0.2, -0.15) is 4.31 Å². The first-order valence-electron chi connectivity index (χ1n) is 5.41. The lowest BCUT2D eigenvalue weighted by Crippen LogP contribution is -2.30. The van der Waals surface area contributed by atoms with Crippen LogP contribution in [0.2, 0.25) is 10.0 Å². The molecule has 0 bridgehead atoms. The van der Waals surface area contributed by atoms with Crippen LogP contribution in [0.1, 0.15) is 13.8 Å². The van der Waals surface area contributed by atoms with E-state index >= 15 is 0 Å². The lowest BCUT2D eigenvalue weighted by molar-refractivity contribution is 0.395. The molecule has 4 nitrogen and oxygen atoms in total. The third kappa shape index (κ3) is 2.91.